The van der Waals surface area contributed by atoms with E-state index in [0.717, 1.165) is 17.1 Å². The van der Waals surface area contributed by atoms with Crippen molar-refractivity contribution in [1.29, 1.82) is 0 Å². The van der Waals surface area contributed by atoms with Gasteiger partial charge in [-0.25, -0.2) is 9.78 Å². The van der Waals surface area contributed by atoms with Crippen LogP contribution in [-0.4, -0.2) is 47.8 Å². The number of urea groups is 1. The monoisotopic (exact) mass is 394 g/mol. The Morgan fingerprint density at radius 2 is 1.90 bits per heavy atom. The van der Waals surface area contributed by atoms with Crippen LogP contribution in [0.15, 0.2) is 67.0 Å². The maximum atomic E-state index is 12.9. The normalized spacial score (nSPS) is 11.6. The first-order chi connectivity index (χ1) is 14.1. The molecule has 1 heterocycles. The van der Waals surface area contributed by atoms with Crippen molar-refractivity contribution in [3.63, 3.8) is 0 Å². The molecule has 0 radical (unpaired) electrons. The third-order valence-corrected chi connectivity index (χ3v) is 4.62. The maximum Gasteiger partial charge on any atom is 0.318 e. The molecule has 1 unspecified atom stereocenters. The van der Waals surface area contributed by atoms with E-state index >= 15 is 0 Å². The Bertz CT molecular complexity index is 927. The Balaban J connectivity index is 1.70. The predicted molar refractivity (Wildman–Crippen MR) is 111 cm³/mol. The molecule has 152 valence electrons. The van der Waals surface area contributed by atoms with Crippen molar-refractivity contribution >= 4 is 6.03 Å². The van der Waals surface area contributed by atoms with E-state index in [1.165, 1.54) is 0 Å². The number of imidazole rings is 1. The van der Waals surface area contributed by atoms with Gasteiger partial charge in [0.1, 0.15) is 30.0 Å². The SMILES string of the molecule is COc1ccccc1C(NC(=O)N(C)CCOc1ccccc1)c1nccn1C. The van der Waals surface area contributed by atoms with Gasteiger partial charge in [-0.3, -0.25) is 0 Å². The minimum absolute atomic E-state index is 0.222. The Morgan fingerprint density at radius 1 is 1.17 bits per heavy atom. The number of methoxy groups -OCH3 is 1. The molecule has 2 aromatic carbocycles. The summed E-state index contributed by atoms with van der Waals surface area (Å²) in [5, 5.41) is 3.07. The lowest BCUT2D eigenvalue weighted by molar-refractivity contribution is 0.192. The molecule has 0 spiro atoms. The van der Waals surface area contributed by atoms with Gasteiger partial charge in [0.25, 0.3) is 0 Å². The number of aromatic nitrogens is 2. The molecule has 3 rings (SSSR count). The van der Waals surface area contributed by atoms with Crippen LogP contribution < -0.4 is 14.8 Å². The summed E-state index contributed by atoms with van der Waals surface area (Å²) in [6.45, 7) is 0.843. The molecule has 1 N–H and O–H groups in total. The van der Waals surface area contributed by atoms with Gasteiger partial charge in [-0.1, -0.05) is 36.4 Å². The summed E-state index contributed by atoms with van der Waals surface area (Å²) in [7, 11) is 5.25. The van der Waals surface area contributed by atoms with Crippen molar-refractivity contribution in [2.24, 2.45) is 7.05 Å². The molecule has 2 amide bonds. The first-order valence-corrected chi connectivity index (χ1v) is 9.39. The third kappa shape index (κ3) is 5.07. The number of nitrogens with one attached hydrogen (secondary N) is 1. The maximum absolute atomic E-state index is 12.9. The minimum atomic E-state index is -0.448. The van der Waals surface area contributed by atoms with Crippen molar-refractivity contribution in [3.8, 4) is 11.5 Å². The molecule has 29 heavy (non-hydrogen) atoms. The highest BCUT2D eigenvalue weighted by molar-refractivity contribution is 5.75. The van der Waals surface area contributed by atoms with Gasteiger partial charge in [0, 0.05) is 32.1 Å². The lowest BCUT2D eigenvalue weighted by atomic mass is 10.0. The molecule has 0 aliphatic heterocycles. The number of benzene rings is 2. The van der Waals surface area contributed by atoms with Crippen molar-refractivity contribution in [3.05, 3.63) is 78.4 Å². The molecule has 3 aromatic rings. The van der Waals surface area contributed by atoms with Gasteiger partial charge in [0.2, 0.25) is 0 Å². The highest BCUT2D eigenvalue weighted by Crippen LogP contribution is 2.29. The van der Waals surface area contributed by atoms with E-state index < -0.39 is 6.04 Å². The van der Waals surface area contributed by atoms with Crippen LogP contribution in [-0.2, 0) is 7.05 Å². The molecule has 0 saturated heterocycles. The molecular weight excluding hydrogens is 368 g/mol. The largest absolute Gasteiger partial charge is 0.496 e. The second kappa shape index (κ2) is 9.64. The zero-order valence-electron chi connectivity index (χ0n) is 16.9. The van der Waals surface area contributed by atoms with E-state index in [1.807, 2.05) is 72.4 Å². The van der Waals surface area contributed by atoms with Gasteiger partial charge >= 0.3 is 6.03 Å². The fourth-order valence-electron chi connectivity index (χ4n) is 2.99. The standard InChI is InChI=1S/C22H26N4O3/c1-25-14-13-23-21(25)20(18-11-7-8-12-19(18)28-3)24-22(27)26(2)15-16-29-17-9-5-4-6-10-17/h4-14,20H,15-16H2,1-3H3,(H,24,27). The van der Waals surface area contributed by atoms with Gasteiger partial charge in [0.05, 0.1) is 13.7 Å². The fourth-order valence-corrected chi connectivity index (χ4v) is 2.99. The zero-order chi connectivity index (χ0) is 20.6. The van der Waals surface area contributed by atoms with Crippen LogP contribution in [0.1, 0.15) is 17.4 Å². The number of carbonyl (C=O) groups excluding carboxylic acids is 1. The van der Waals surface area contributed by atoms with Crippen LogP contribution >= 0.6 is 0 Å². The summed E-state index contributed by atoms with van der Waals surface area (Å²) < 4.78 is 13.1. The highest BCUT2D eigenvalue weighted by Gasteiger charge is 2.25. The quantitative estimate of drug-likeness (QED) is 0.637. The molecule has 0 fully saturated rings. The van der Waals surface area contributed by atoms with Crippen LogP contribution in [0.25, 0.3) is 0 Å². The molecule has 0 saturated carbocycles. The van der Waals surface area contributed by atoms with Crippen molar-refractivity contribution in [2.45, 2.75) is 6.04 Å². The number of nitrogens with zero attached hydrogens (tertiary/aromatic N) is 3. The first kappa shape index (κ1) is 20.3. The number of hydrogen-bond acceptors (Lipinski definition) is 4. The van der Waals surface area contributed by atoms with Crippen LogP contribution in [0.3, 0.4) is 0 Å². The summed E-state index contributed by atoms with van der Waals surface area (Å²) in [5.74, 6) is 2.19. The smallest absolute Gasteiger partial charge is 0.318 e. The predicted octanol–water partition coefficient (Wildman–Crippen LogP) is 3.24. The molecular formula is C22H26N4O3. The Hall–Kier alpha value is -3.48. The molecule has 0 aliphatic carbocycles. The van der Waals surface area contributed by atoms with Crippen LogP contribution in [0.4, 0.5) is 4.79 Å². The number of amides is 2. The highest BCUT2D eigenvalue weighted by atomic mass is 16.5. The van der Waals surface area contributed by atoms with E-state index in [1.54, 1.807) is 25.3 Å². The Kier molecular flexibility index (Phi) is 6.73. The Morgan fingerprint density at radius 3 is 2.59 bits per heavy atom. The van der Waals surface area contributed by atoms with E-state index in [9.17, 15) is 4.79 Å². The topological polar surface area (TPSA) is 68.6 Å². The average Bonchev–Trinajstić information content (AvgIpc) is 3.18. The summed E-state index contributed by atoms with van der Waals surface area (Å²) in [5.41, 5.74) is 0.839. The number of likely N-dealkylation sites (N-methyl/N-ethyl adjacent to an activating group) is 1. The van der Waals surface area contributed by atoms with E-state index in [4.69, 9.17) is 9.47 Å². The summed E-state index contributed by atoms with van der Waals surface area (Å²) in [6.07, 6.45) is 3.56. The van der Waals surface area contributed by atoms with Gasteiger partial charge in [0.15, 0.2) is 0 Å². The number of hydrogen-bond donors (Lipinski definition) is 1. The van der Waals surface area contributed by atoms with Crippen molar-refractivity contribution < 1.29 is 14.3 Å². The van der Waals surface area contributed by atoms with Gasteiger partial charge in [-0.15, -0.1) is 0 Å². The van der Waals surface area contributed by atoms with Gasteiger partial charge < -0.3 is 24.3 Å². The zero-order valence-corrected chi connectivity index (χ0v) is 16.9. The van der Waals surface area contributed by atoms with Crippen LogP contribution in [0, 0.1) is 0 Å². The second-order valence-electron chi connectivity index (χ2n) is 6.60. The Labute approximate surface area is 170 Å². The van der Waals surface area contributed by atoms with Gasteiger partial charge in [-0.05, 0) is 18.2 Å². The molecule has 7 heteroatoms. The minimum Gasteiger partial charge on any atom is -0.496 e. The van der Waals surface area contributed by atoms with Crippen LogP contribution in [0.2, 0.25) is 0 Å². The van der Waals surface area contributed by atoms with E-state index in [-0.39, 0.29) is 6.03 Å². The summed E-state index contributed by atoms with van der Waals surface area (Å²) in [6, 6.07) is 16.5. The number of aryl methyl sites for hydroxylation is 1. The number of ether oxygens (including phenoxy) is 2. The third-order valence-electron chi connectivity index (χ3n) is 4.62. The summed E-state index contributed by atoms with van der Waals surface area (Å²) >= 11 is 0. The van der Waals surface area contributed by atoms with Crippen molar-refractivity contribution in [1.82, 2.24) is 19.8 Å². The number of rotatable bonds is 8. The average molecular weight is 394 g/mol. The molecule has 0 aliphatic rings. The lowest BCUT2D eigenvalue weighted by Gasteiger charge is -2.25. The van der Waals surface area contributed by atoms with E-state index in [0.29, 0.717) is 18.9 Å². The molecule has 1 atom stereocenters. The summed E-state index contributed by atoms with van der Waals surface area (Å²) in [4.78, 5) is 18.9. The first-order valence-electron chi connectivity index (χ1n) is 9.39. The van der Waals surface area contributed by atoms with E-state index in [2.05, 4.69) is 10.3 Å². The molecule has 1 aromatic heterocycles. The van der Waals surface area contributed by atoms with Gasteiger partial charge in [-0.2, -0.15) is 0 Å². The number of carbonyl (C=O) groups is 1. The molecule has 0 bridgehead atoms. The lowest BCUT2D eigenvalue weighted by Crippen LogP contribution is -2.42. The second-order valence-corrected chi connectivity index (χ2v) is 6.60. The fraction of sp³-hybridized carbons (Fsp3) is 0.273. The number of para-hydroxylation sites is 2. The van der Waals surface area contributed by atoms with Crippen molar-refractivity contribution in [2.75, 3.05) is 27.3 Å². The molecule has 7 nitrogen and oxygen atoms in total. The van der Waals surface area contributed by atoms with Crippen LogP contribution in [0.5, 0.6) is 11.5 Å².